The molecular weight excluding hydrogens is 383 g/mol. The Morgan fingerprint density at radius 1 is 1.15 bits per heavy atom. The summed E-state index contributed by atoms with van der Waals surface area (Å²) in [7, 11) is 1.93. The van der Waals surface area contributed by atoms with Crippen LogP contribution in [0.2, 0.25) is 0 Å². The van der Waals surface area contributed by atoms with Crippen LogP contribution in [0.25, 0.3) is 10.2 Å². The molecule has 0 atom stereocenters. The molecule has 1 amide bonds. The quantitative estimate of drug-likeness (QED) is 0.581. The lowest BCUT2D eigenvalue weighted by molar-refractivity contribution is 0.0997. The Bertz CT molecular complexity index is 863. The summed E-state index contributed by atoms with van der Waals surface area (Å²) in [5.41, 5.74) is 1.73. The van der Waals surface area contributed by atoms with Gasteiger partial charge in [-0.25, -0.2) is 0 Å². The Morgan fingerprint density at radius 2 is 1.85 bits per heavy atom. The van der Waals surface area contributed by atoms with Crippen LogP contribution in [0.5, 0.6) is 0 Å². The van der Waals surface area contributed by atoms with Gasteiger partial charge in [-0.05, 0) is 46.9 Å². The first-order valence-electron chi connectivity index (χ1n) is 6.05. The second kappa shape index (κ2) is 5.49. The lowest BCUT2D eigenvalue weighted by Gasteiger charge is -1.98. The van der Waals surface area contributed by atoms with Gasteiger partial charge in [0.25, 0.3) is 5.91 Å². The molecule has 5 heteroatoms. The minimum atomic E-state index is -0.197. The van der Waals surface area contributed by atoms with Crippen molar-refractivity contribution in [3.63, 3.8) is 0 Å². The van der Waals surface area contributed by atoms with Crippen molar-refractivity contribution >= 4 is 50.1 Å². The average Bonchev–Trinajstić information content (AvgIpc) is 2.76. The molecule has 0 spiro atoms. The van der Waals surface area contributed by atoms with Gasteiger partial charge in [0.2, 0.25) is 0 Å². The molecule has 20 heavy (non-hydrogen) atoms. The normalized spacial score (nSPS) is 12.0. The molecule has 0 bridgehead atoms. The zero-order valence-electron chi connectivity index (χ0n) is 10.7. The van der Waals surface area contributed by atoms with E-state index in [9.17, 15) is 4.79 Å². The van der Waals surface area contributed by atoms with Crippen LogP contribution >= 0.6 is 33.9 Å². The molecule has 1 heterocycles. The third-order valence-corrected chi connectivity index (χ3v) is 5.07. The first kappa shape index (κ1) is 13.5. The number of carbonyl (C=O) groups is 1. The van der Waals surface area contributed by atoms with Gasteiger partial charge in [0.1, 0.15) is 0 Å². The molecule has 0 aliphatic heterocycles. The Balaban J connectivity index is 2.13. The maximum absolute atomic E-state index is 12.3. The van der Waals surface area contributed by atoms with Crippen LogP contribution in [0, 0.1) is 3.57 Å². The van der Waals surface area contributed by atoms with Gasteiger partial charge >= 0.3 is 0 Å². The van der Waals surface area contributed by atoms with E-state index in [-0.39, 0.29) is 5.91 Å². The molecule has 0 saturated heterocycles. The summed E-state index contributed by atoms with van der Waals surface area (Å²) in [5, 5.41) is 0. The standard InChI is InChI=1S/C15H11IN2OS/c1-18-12-8-4-5-9-13(12)20-15(18)17-14(19)10-6-2-3-7-11(10)16/h2-9H,1H3. The number of rotatable bonds is 1. The van der Waals surface area contributed by atoms with Gasteiger partial charge in [0.15, 0.2) is 4.80 Å². The first-order chi connectivity index (χ1) is 9.66. The number of halogens is 1. The number of aromatic nitrogens is 1. The highest BCUT2D eigenvalue weighted by atomic mass is 127. The van der Waals surface area contributed by atoms with Crippen molar-refractivity contribution in [2.45, 2.75) is 0 Å². The Morgan fingerprint density at radius 3 is 2.60 bits per heavy atom. The third-order valence-electron chi connectivity index (χ3n) is 3.02. The van der Waals surface area contributed by atoms with Crippen LogP contribution in [0.4, 0.5) is 0 Å². The minimum absolute atomic E-state index is 0.197. The highest BCUT2D eigenvalue weighted by Gasteiger charge is 2.09. The predicted molar refractivity (Wildman–Crippen MR) is 89.8 cm³/mol. The third kappa shape index (κ3) is 2.43. The number of nitrogens with zero attached hydrogens (tertiary/aromatic N) is 2. The molecule has 3 nitrogen and oxygen atoms in total. The minimum Gasteiger partial charge on any atom is -0.319 e. The molecule has 2 aromatic carbocycles. The van der Waals surface area contributed by atoms with E-state index >= 15 is 0 Å². The topological polar surface area (TPSA) is 34.4 Å². The van der Waals surface area contributed by atoms with Crippen LogP contribution < -0.4 is 4.80 Å². The lowest BCUT2D eigenvalue weighted by atomic mass is 10.2. The molecule has 0 fully saturated rings. The van der Waals surface area contributed by atoms with Crippen LogP contribution in [0.1, 0.15) is 10.4 Å². The van der Waals surface area contributed by atoms with Crippen molar-refractivity contribution in [3.05, 3.63) is 62.5 Å². The maximum Gasteiger partial charge on any atom is 0.280 e. The van der Waals surface area contributed by atoms with E-state index in [0.29, 0.717) is 5.56 Å². The SMILES string of the molecule is Cn1c(=NC(=O)c2ccccc2I)sc2ccccc21. The maximum atomic E-state index is 12.3. The van der Waals surface area contributed by atoms with Crippen LogP contribution in [0.3, 0.4) is 0 Å². The fourth-order valence-corrected chi connectivity index (χ4v) is 3.60. The van der Waals surface area contributed by atoms with E-state index in [1.54, 1.807) is 6.07 Å². The second-order valence-corrected chi connectivity index (χ2v) is 6.48. The molecule has 0 radical (unpaired) electrons. The van der Waals surface area contributed by atoms with Crippen molar-refractivity contribution in [3.8, 4) is 0 Å². The van der Waals surface area contributed by atoms with E-state index in [0.717, 1.165) is 18.6 Å². The predicted octanol–water partition coefficient (Wildman–Crippen LogP) is 3.59. The molecule has 0 unspecified atom stereocenters. The number of benzene rings is 2. The number of amides is 1. The molecule has 3 aromatic rings. The van der Waals surface area contributed by atoms with Gasteiger partial charge in [0.05, 0.1) is 15.8 Å². The van der Waals surface area contributed by atoms with Crippen molar-refractivity contribution in [2.75, 3.05) is 0 Å². The zero-order chi connectivity index (χ0) is 14.1. The fourth-order valence-electron chi connectivity index (χ4n) is 1.97. The van der Waals surface area contributed by atoms with Crippen molar-refractivity contribution in [1.29, 1.82) is 0 Å². The summed E-state index contributed by atoms with van der Waals surface area (Å²) in [6, 6.07) is 15.5. The second-order valence-electron chi connectivity index (χ2n) is 4.31. The number of thiazole rings is 1. The fraction of sp³-hybridized carbons (Fsp3) is 0.0667. The van der Waals surface area contributed by atoms with Gasteiger partial charge < -0.3 is 4.57 Å². The van der Waals surface area contributed by atoms with Crippen LogP contribution in [-0.4, -0.2) is 10.5 Å². The smallest absolute Gasteiger partial charge is 0.280 e. The van der Waals surface area contributed by atoms with E-state index in [2.05, 4.69) is 27.6 Å². The van der Waals surface area contributed by atoms with E-state index in [4.69, 9.17) is 0 Å². The van der Waals surface area contributed by atoms with E-state index < -0.39 is 0 Å². The monoisotopic (exact) mass is 394 g/mol. The van der Waals surface area contributed by atoms with Gasteiger partial charge in [-0.3, -0.25) is 4.79 Å². The number of aryl methyl sites for hydroxylation is 1. The molecular formula is C15H11IN2OS. The molecule has 0 N–H and O–H groups in total. The number of hydrogen-bond acceptors (Lipinski definition) is 2. The number of para-hydroxylation sites is 1. The van der Waals surface area contributed by atoms with Gasteiger partial charge in [-0.15, -0.1) is 0 Å². The van der Waals surface area contributed by atoms with E-state index in [1.807, 2.05) is 54.1 Å². The summed E-state index contributed by atoms with van der Waals surface area (Å²) in [6.45, 7) is 0. The first-order valence-corrected chi connectivity index (χ1v) is 7.94. The van der Waals surface area contributed by atoms with E-state index in [1.165, 1.54) is 11.3 Å². The van der Waals surface area contributed by atoms with Gasteiger partial charge in [0, 0.05) is 10.6 Å². The molecule has 3 rings (SSSR count). The average molecular weight is 394 g/mol. The molecule has 1 aromatic heterocycles. The Hall–Kier alpha value is -1.47. The lowest BCUT2D eigenvalue weighted by Crippen LogP contribution is -2.13. The van der Waals surface area contributed by atoms with Crippen molar-refractivity contribution < 1.29 is 4.79 Å². The summed E-state index contributed by atoms with van der Waals surface area (Å²) in [4.78, 5) is 17.3. The number of hydrogen-bond donors (Lipinski definition) is 0. The largest absolute Gasteiger partial charge is 0.319 e. The zero-order valence-corrected chi connectivity index (χ0v) is 13.7. The summed E-state index contributed by atoms with van der Waals surface area (Å²) in [5.74, 6) is -0.197. The molecule has 100 valence electrons. The molecule has 0 aliphatic carbocycles. The molecule has 0 aliphatic rings. The summed E-state index contributed by atoms with van der Waals surface area (Å²) >= 11 is 3.68. The van der Waals surface area contributed by atoms with Crippen molar-refractivity contribution in [1.82, 2.24) is 4.57 Å². The van der Waals surface area contributed by atoms with Gasteiger partial charge in [-0.1, -0.05) is 35.6 Å². The number of carbonyl (C=O) groups excluding carboxylic acids is 1. The highest BCUT2D eigenvalue weighted by molar-refractivity contribution is 14.1. The van der Waals surface area contributed by atoms with Crippen LogP contribution in [0.15, 0.2) is 53.5 Å². The Labute approximate surface area is 133 Å². The Kier molecular flexibility index (Phi) is 3.71. The number of fused-ring (bicyclic) bond motifs is 1. The van der Waals surface area contributed by atoms with Gasteiger partial charge in [-0.2, -0.15) is 4.99 Å². The van der Waals surface area contributed by atoms with Crippen LogP contribution in [-0.2, 0) is 7.05 Å². The van der Waals surface area contributed by atoms with Crippen molar-refractivity contribution in [2.24, 2.45) is 12.0 Å². The molecule has 0 saturated carbocycles. The summed E-state index contributed by atoms with van der Waals surface area (Å²) < 4.78 is 4.00. The summed E-state index contributed by atoms with van der Waals surface area (Å²) in [6.07, 6.45) is 0. The highest BCUT2D eigenvalue weighted by Crippen LogP contribution is 2.16.